The summed E-state index contributed by atoms with van der Waals surface area (Å²) in [6, 6.07) is 0. The highest BCUT2D eigenvalue weighted by Gasteiger charge is 2.73. The van der Waals surface area contributed by atoms with Crippen molar-refractivity contribution in [3.05, 3.63) is 24.3 Å². The summed E-state index contributed by atoms with van der Waals surface area (Å²) in [5.74, 6) is 7.21. The first-order valence-corrected chi connectivity index (χ1v) is 45.7. The van der Waals surface area contributed by atoms with Crippen molar-refractivity contribution in [1.29, 1.82) is 0 Å². The van der Waals surface area contributed by atoms with Crippen LogP contribution in [-0.4, -0.2) is 72.0 Å². The molecule has 0 bridgehead atoms. The molecule has 2 heterocycles. The van der Waals surface area contributed by atoms with Gasteiger partial charge in [-0.1, -0.05) is 148 Å². The zero-order valence-corrected chi connectivity index (χ0v) is 66.3. The Bertz CT molecular complexity index is 2550. The summed E-state index contributed by atoms with van der Waals surface area (Å²) in [5.41, 5.74) is 5.99. The summed E-state index contributed by atoms with van der Waals surface area (Å²) in [5, 5.41) is 11.6. The molecule has 0 spiro atoms. The standard InChI is InChI=1S/C41H72O3Si.C35H58O3.C6H15ClSi/c1-28(2)29-18-23-41(27-43-34-15-13-14-26-42-34)25-24-39(9)30(35(29)41)16-17-32-38(8)21-20-33(44-45(11,12)36(3,4)5)37(6,7)31(38)19-22-40(32,39)10;1-23(2)24-13-18-35(22-38-29-10-8-9-21-37-29)20-19-33(6)25(30(24)35)11-12-27-32(5)16-15-28(36)31(3,4)26(32)14-17-34(27,33)7;1-6(2,3)8(4,5)7/h29-35H,1,13-27H2,2-12H3;24-30,36H,1,8-22H2,2-7H3;1-5H3/t29-,30+,31-,32+,33-,34?,35+,38-,39+,40+,41+;24-,25+,26-,27+,28-,29?,30+,32-,33+,34+,35+;/m00./s1. The SMILES string of the molecule is C=C(C)[C@@H]1CC[C@]2(COC3CCCCO3)CC[C@]3(C)[C@H](CC[C@@H]4[C@@]5(C)CC[C@H](O)C(C)(C)[C@@H]5CC[C@]43C)[C@@H]12.C=C(C)[C@@H]1CC[C@]2(COC3CCCCO3)CC[C@]3(C)[C@H](CC[C@@H]4[C@@]5(C)CC[C@H](O[Si](C)(C)C(C)(C)C)C(C)(C)[C@@H]5CC[C@]43C)[C@@H]12.CC(C)(C)[Si](C)(C)Cl. The minimum atomic E-state index is -1.83. The summed E-state index contributed by atoms with van der Waals surface area (Å²) in [4.78, 5) is 0. The van der Waals surface area contributed by atoms with Gasteiger partial charge in [0.2, 0.25) is 0 Å². The molecule has 12 rings (SSSR count). The fourth-order valence-electron chi connectivity index (χ4n) is 26.0. The van der Waals surface area contributed by atoms with Crippen molar-refractivity contribution in [2.75, 3.05) is 26.4 Å². The van der Waals surface area contributed by atoms with Gasteiger partial charge in [-0.3, -0.25) is 0 Å². The summed E-state index contributed by atoms with van der Waals surface area (Å²) in [6.45, 7) is 66.9. The first-order chi connectivity index (χ1) is 42.0. The molecule has 0 amide bonds. The van der Waals surface area contributed by atoms with Crippen molar-refractivity contribution in [3.63, 3.8) is 0 Å². The lowest BCUT2D eigenvalue weighted by Crippen LogP contribution is -2.67. The number of ether oxygens (including phenoxy) is 4. The molecule has 22 atom stereocenters. The quantitative estimate of drug-likeness (QED) is 0.134. The van der Waals surface area contributed by atoms with Crippen LogP contribution in [0.4, 0.5) is 0 Å². The molecule has 0 aromatic carbocycles. The Morgan fingerprint density at radius 2 is 0.879 bits per heavy atom. The lowest BCUT2D eigenvalue weighted by molar-refractivity contribution is -0.256. The Balaban J connectivity index is 0.000000180. The van der Waals surface area contributed by atoms with Crippen molar-refractivity contribution < 1.29 is 28.5 Å². The Labute approximate surface area is 568 Å². The van der Waals surface area contributed by atoms with E-state index in [1.54, 1.807) is 0 Å². The topological polar surface area (TPSA) is 66.4 Å². The van der Waals surface area contributed by atoms with Gasteiger partial charge in [0.1, 0.15) is 0 Å². The summed E-state index contributed by atoms with van der Waals surface area (Å²) in [7, 11) is -3.21. The molecule has 10 aliphatic carbocycles. The van der Waals surface area contributed by atoms with Crippen LogP contribution in [-0.2, 0) is 23.4 Å². The summed E-state index contributed by atoms with van der Waals surface area (Å²) >= 11 is 6.15. The van der Waals surface area contributed by atoms with Gasteiger partial charge in [0.25, 0.3) is 0 Å². The highest BCUT2D eigenvalue weighted by molar-refractivity contribution is 7.20. The number of aliphatic hydroxyl groups is 1. The van der Waals surface area contributed by atoms with Gasteiger partial charge in [0.05, 0.1) is 25.4 Å². The fourth-order valence-corrected chi connectivity index (χ4v) is 27.5. The van der Waals surface area contributed by atoms with Gasteiger partial charge in [0, 0.05) is 13.2 Å². The predicted octanol–water partition coefficient (Wildman–Crippen LogP) is 23.4. The maximum atomic E-state index is 11.0. The lowest BCUT2D eigenvalue weighted by Gasteiger charge is -2.73. The monoisotopic (exact) mass is 1320 g/mol. The second-order valence-corrected chi connectivity index (χ2v) is 52.7. The molecule has 1 N–H and O–H groups in total. The van der Waals surface area contributed by atoms with Crippen molar-refractivity contribution in [1.82, 2.24) is 0 Å². The van der Waals surface area contributed by atoms with Gasteiger partial charge in [-0.15, -0.1) is 0 Å². The number of halogens is 1. The van der Waals surface area contributed by atoms with E-state index >= 15 is 0 Å². The average Bonchev–Trinajstić information content (AvgIpc) is 1.49. The number of rotatable bonds is 10. The predicted molar refractivity (Wildman–Crippen MR) is 388 cm³/mol. The molecule has 10 saturated carbocycles. The zero-order valence-electron chi connectivity index (χ0n) is 63.6. The zero-order chi connectivity index (χ0) is 67.0. The van der Waals surface area contributed by atoms with Crippen LogP contribution in [0.25, 0.3) is 0 Å². The normalized spacial score (nSPS) is 47.5. The van der Waals surface area contributed by atoms with Crippen molar-refractivity contribution >= 4 is 26.8 Å². The molecule has 2 aliphatic heterocycles. The minimum Gasteiger partial charge on any atom is -0.413 e. The first-order valence-electron chi connectivity index (χ1n) is 38.8. The molecule has 524 valence electrons. The Hall–Kier alpha value is -0.0362. The molecule has 9 heteroatoms. The number of hydrogen-bond donors (Lipinski definition) is 1. The fraction of sp³-hybridized carbons (Fsp3) is 0.951. The highest BCUT2D eigenvalue weighted by Crippen LogP contribution is 2.80. The first kappa shape index (κ1) is 73.7. The molecule has 0 aromatic heterocycles. The van der Waals surface area contributed by atoms with Gasteiger partial charge < -0.3 is 28.5 Å². The van der Waals surface area contributed by atoms with Crippen LogP contribution < -0.4 is 0 Å². The van der Waals surface area contributed by atoms with E-state index < -0.39 is 15.7 Å². The summed E-state index contributed by atoms with van der Waals surface area (Å²) < 4.78 is 32.8. The van der Waals surface area contributed by atoms with Crippen LogP contribution in [0, 0.1) is 113 Å². The van der Waals surface area contributed by atoms with Crippen LogP contribution in [0.3, 0.4) is 0 Å². The summed E-state index contributed by atoms with van der Waals surface area (Å²) in [6.07, 6.45) is 33.6. The average molecular weight is 1320 g/mol. The molecule has 12 fully saturated rings. The number of hydrogen-bond acceptors (Lipinski definition) is 6. The van der Waals surface area contributed by atoms with E-state index in [4.69, 9.17) is 34.5 Å². The van der Waals surface area contributed by atoms with Crippen LogP contribution in [0.15, 0.2) is 24.3 Å². The van der Waals surface area contributed by atoms with Crippen molar-refractivity contribution in [2.45, 2.75) is 353 Å². The third kappa shape index (κ3) is 12.4. The molecule has 2 saturated heterocycles. The van der Waals surface area contributed by atoms with Gasteiger partial charge in [0.15, 0.2) is 28.3 Å². The second kappa shape index (κ2) is 25.5. The lowest BCUT2D eigenvalue weighted by atomic mass is 9.32. The maximum absolute atomic E-state index is 11.0. The molecular formula is C82H145ClO6Si2. The molecule has 0 radical (unpaired) electrons. The second-order valence-electron chi connectivity index (χ2n) is 40.6. The number of fused-ring (bicyclic) bond motifs is 14. The van der Waals surface area contributed by atoms with E-state index in [2.05, 4.69) is 164 Å². The molecular weight excluding hydrogens is 1170 g/mol. The molecule has 6 nitrogen and oxygen atoms in total. The van der Waals surface area contributed by atoms with Gasteiger partial charge >= 0.3 is 0 Å². The van der Waals surface area contributed by atoms with Gasteiger partial charge in [-0.25, -0.2) is 0 Å². The molecule has 91 heavy (non-hydrogen) atoms. The Kier molecular flexibility index (Phi) is 20.7. The molecule has 12 aliphatic rings. The highest BCUT2D eigenvalue weighted by atomic mass is 35.6. The molecule has 2 unspecified atom stereocenters. The smallest absolute Gasteiger partial charge is 0.192 e. The number of allylic oxidation sites excluding steroid dienone is 2. The van der Waals surface area contributed by atoms with Crippen LogP contribution >= 0.6 is 11.1 Å². The number of aliphatic hydroxyl groups excluding tert-OH is 1. The van der Waals surface area contributed by atoms with E-state index in [1.807, 2.05) is 0 Å². The largest absolute Gasteiger partial charge is 0.413 e. The Morgan fingerprint density at radius 1 is 0.473 bits per heavy atom. The Morgan fingerprint density at radius 3 is 1.25 bits per heavy atom. The third-order valence-corrected chi connectivity index (χ3v) is 43.6. The minimum absolute atomic E-state index is 0.0180. The maximum Gasteiger partial charge on any atom is 0.192 e. The third-order valence-electron chi connectivity index (χ3n) is 33.8. The molecule has 0 aromatic rings. The van der Waals surface area contributed by atoms with Crippen LogP contribution in [0.5, 0.6) is 0 Å². The van der Waals surface area contributed by atoms with E-state index in [0.717, 1.165) is 75.3 Å². The van der Waals surface area contributed by atoms with E-state index in [9.17, 15) is 5.11 Å². The van der Waals surface area contributed by atoms with Crippen molar-refractivity contribution in [3.8, 4) is 0 Å². The van der Waals surface area contributed by atoms with E-state index in [1.165, 1.54) is 159 Å². The van der Waals surface area contributed by atoms with Crippen LogP contribution in [0.1, 0.15) is 292 Å². The van der Waals surface area contributed by atoms with Crippen LogP contribution in [0.2, 0.25) is 36.3 Å². The van der Waals surface area contributed by atoms with Gasteiger partial charge in [-0.2, -0.15) is 11.1 Å². The van der Waals surface area contributed by atoms with E-state index in [0.29, 0.717) is 84.1 Å². The van der Waals surface area contributed by atoms with E-state index in [-0.39, 0.29) is 34.6 Å². The van der Waals surface area contributed by atoms with Crippen molar-refractivity contribution in [2.24, 2.45) is 113 Å². The van der Waals surface area contributed by atoms with Gasteiger partial charge in [-0.05, 0) is 317 Å².